The maximum Gasteiger partial charge on any atom is 0.407 e. The third-order valence-corrected chi connectivity index (χ3v) is 7.10. The molecule has 0 spiro atoms. The van der Waals surface area contributed by atoms with Crippen LogP contribution < -0.4 is 14.8 Å². The molecule has 0 aliphatic carbocycles. The van der Waals surface area contributed by atoms with Gasteiger partial charge in [-0.1, -0.05) is 30.3 Å². The van der Waals surface area contributed by atoms with Gasteiger partial charge in [0.25, 0.3) is 0 Å². The largest absolute Gasteiger partial charge is 0.497 e. The molecule has 0 radical (unpaired) electrons. The number of sulfonamides is 1. The van der Waals surface area contributed by atoms with E-state index in [9.17, 15) is 18.0 Å². The summed E-state index contributed by atoms with van der Waals surface area (Å²) in [4.78, 5) is 25.8. The molecule has 11 heteroatoms. The van der Waals surface area contributed by atoms with Gasteiger partial charge in [-0.2, -0.15) is 4.31 Å². The van der Waals surface area contributed by atoms with Crippen molar-refractivity contribution >= 4 is 22.0 Å². The van der Waals surface area contributed by atoms with Crippen molar-refractivity contribution < 1.29 is 32.2 Å². The average molecular weight is 478 g/mol. The average Bonchev–Trinajstić information content (AvgIpc) is 2.86. The summed E-state index contributed by atoms with van der Waals surface area (Å²) in [5.41, 5.74) is 0.837. The molecular weight excluding hydrogens is 450 g/mol. The van der Waals surface area contributed by atoms with E-state index >= 15 is 0 Å². The van der Waals surface area contributed by atoms with Crippen molar-refractivity contribution in [2.45, 2.75) is 11.5 Å². The zero-order chi connectivity index (χ0) is 23.8. The number of hydrogen-bond acceptors (Lipinski definition) is 7. The molecule has 0 atom stereocenters. The highest BCUT2D eigenvalue weighted by Crippen LogP contribution is 2.31. The number of benzene rings is 2. The van der Waals surface area contributed by atoms with Crippen molar-refractivity contribution in [2.24, 2.45) is 0 Å². The van der Waals surface area contributed by atoms with Gasteiger partial charge in [0.05, 0.1) is 14.2 Å². The fourth-order valence-corrected chi connectivity index (χ4v) is 4.93. The molecule has 0 aromatic heterocycles. The molecule has 1 N–H and O–H groups in total. The van der Waals surface area contributed by atoms with Gasteiger partial charge in [0.15, 0.2) is 0 Å². The molecule has 1 saturated heterocycles. The number of rotatable bonds is 8. The van der Waals surface area contributed by atoms with Gasteiger partial charge in [-0.05, 0) is 17.7 Å². The summed E-state index contributed by atoms with van der Waals surface area (Å²) in [5.74, 6) is 0.295. The van der Waals surface area contributed by atoms with Crippen LogP contribution in [0.25, 0.3) is 0 Å². The van der Waals surface area contributed by atoms with E-state index < -0.39 is 16.1 Å². The van der Waals surface area contributed by atoms with E-state index in [1.54, 1.807) is 6.07 Å². The van der Waals surface area contributed by atoms with Crippen molar-refractivity contribution in [3.05, 3.63) is 54.1 Å². The Hall–Kier alpha value is -3.31. The van der Waals surface area contributed by atoms with E-state index in [0.717, 1.165) is 5.56 Å². The van der Waals surface area contributed by atoms with E-state index in [1.165, 1.54) is 35.6 Å². The summed E-state index contributed by atoms with van der Waals surface area (Å²) in [6.07, 6.45) is -0.696. The van der Waals surface area contributed by atoms with Gasteiger partial charge in [-0.3, -0.25) is 4.79 Å². The third-order valence-electron chi connectivity index (χ3n) is 5.18. The molecule has 2 aromatic rings. The Morgan fingerprint density at radius 1 is 0.970 bits per heavy atom. The van der Waals surface area contributed by atoms with Crippen LogP contribution in [0.5, 0.6) is 11.5 Å². The Kier molecular flexibility index (Phi) is 8.12. The maximum atomic E-state index is 13.1. The fourth-order valence-electron chi connectivity index (χ4n) is 3.34. The van der Waals surface area contributed by atoms with Gasteiger partial charge in [0, 0.05) is 32.2 Å². The van der Waals surface area contributed by atoms with Crippen LogP contribution >= 0.6 is 0 Å². The number of carbonyl (C=O) groups is 2. The molecular formula is C22H27N3O7S. The number of alkyl carbamates (subject to hydrolysis) is 1. The van der Waals surface area contributed by atoms with Gasteiger partial charge >= 0.3 is 6.09 Å². The van der Waals surface area contributed by atoms with Crippen LogP contribution in [-0.4, -0.2) is 76.6 Å². The van der Waals surface area contributed by atoms with Crippen molar-refractivity contribution in [1.29, 1.82) is 0 Å². The lowest BCUT2D eigenvalue weighted by Gasteiger charge is -2.34. The third kappa shape index (κ3) is 6.14. The van der Waals surface area contributed by atoms with Gasteiger partial charge in [-0.15, -0.1) is 0 Å². The second-order valence-electron chi connectivity index (χ2n) is 7.22. The number of carbonyl (C=O) groups excluding carboxylic acids is 2. The minimum atomic E-state index is -3.85. The number of methoxy groups -OCH3 is 2. The summed E-state index contributed by atoms with van der Waals surface area (Å²) >= 11 is 0. The molecule has 1 fully saturated rings. The maximum absolute atomic E-state index is 13.1. The fraction of sp³-hybridized carbons (Fsp3) is 0.364. The van der Waals surface area contributed by atoms with Crippen molar-refractivity contribution in [1.82, 2.24) is 14.5 Å². The molecule has 1 aliphatic rings. The summed E-state index contributed by atoms with van der Waals surface area (Å²) < 4.78 is 43.0. The highest BCUT2D eigenvalue weighted by molar-refractivity contribution is 7.89. The number of nitrogens with one attached hydrogen (secondary N) is 1. The summed E-state index contributed by atoms with van der Waals surface area (Å²) in [6, 6.07) is 13.8. The van der Waals surface area contributed by atoms with E-state index in [0.29, 0.717) is 5.75 Å². The first-order valence-electron chi connectivity index (χ1n) is 10.3. The van der Waals surface area contributed by atoms with E-state index in [-0.39, 0.29) is 55.9 Å². The summed E-state index contributed by atoms with van der Waals surface area (Å²) in [7, 11) is -0.995. The number of amides is 2. The molecule has 3 rings (SSSR count). The molecule has 0 saturated carbocycles. The van der Waals surface area contributed by atoms with Crippen molar-refractivity contribution in [2.75, 3.05) is 46.9 Å². The minimum Gasteiger partial charge on any atom is -0.497 e. The van der Waals surface area contributed by atoms with Gasteiger partial charge in [0.2, 0.25) is 15.9 Å². The topological polar surface area (TPSA) is 114 Å². The summed E-state index contributed by atoms with van der Waals surface area (Å²) in [6.45, 7) is 0.505. The SMILES string of the molecule is COc1ccc(OC)c(S(=O)(=O)N2CCN(C(=O)CNC(=O)OCc3ccccc3)CC2)c1. The lowest BCUT2D eigenvalue weighted by atomic mass is 10.2. The van der Waals surface area contributed by atoms with Crippen LogP contribution in [0.3, 0.4) is 0 Å². The Balaban J connectivity index is 1.51. The minimum absolute atomic E-state index is 0.00644. The van der Waals surface area contributed by atoms with Gasteiger partial charge in [-0.25, -0.2) is 13.2 Å². The molecule has 2 aromatic carbocycles. The monoisotopic (exact) mass is 477 g/mol. The summed E-state index contributed by atoms with van der Waals surface area (Å²) in [5, 5.41) is 2.43. The molecule has 0 unspecified atom stereocenters. The number of nitrogens with zero attached hydrogens (tertiary/aromatic N) is 2. The number of hydrogen-bond donors (Lipinski definition) is 1. The first kappa shape index (κ1) is 24.3. The molecule has 33 heavy (non-hydrogen) atoms. The first-order chi connectivity index (χ1) is 15.8. The molecule has 2 amide bonds. The van der Waals surface area contributed by atoms with Crippen LogP contribution in [-0.2, 0) is 26.2 Å². The molecule has 1 heterocycles. The zero-order valence-corrected chi connectivity index (χ0v) is 19.3. The van der Waals surface area contributed by atoms with Crippen LogP contribution in [0.1, 0.15) is 5.56 Å². The van der Waals surface area contributed by atoms with Crippen LogP contribution in [0.15, 0.2) is 53.4 Å². The predicted molar refractivity (Wildman–Crippen MR) is 120 cm³/mol. The van der Waals surface area contributed by atoms with E-state index in [2.05, 4.69) is 5.32 Å². The van der Waals surface area contributed by atoms with E-state index in [1.807, 2.05) is 30.3 Å². The first-order valence-corrected chi connectivity index (χ1v) is 11.7. The van der Waals surface area contributed by atoms with E-state index in [4.69, 9.17) is 14.2 Å². The Morgan fingerprint density at radius 2 is 1.67 bits per heavy atom. The van der Waals surface area contributed by atoms with Gasteiger partial charge in [0.1, 0.15) is 29.5 Å². The highest BCUT2D eigenvalue weighted by atomic mass is 32.2. The number of ether oxygens (including phenoxy) is 3. The zero-order valence-electron chi connectivity index (χ0n) is 18.5. The Bertz CT molecular complexity index is 1070. The lowest BCUT2D eigenvalue weighted by molar-refractivity contribution is -0.131. The predicted octanol–water partition coefficient (Wildman–Crippen LogP) is 1.46. The van der Waals surface area contributed by atoms with Crippen LogP contribution in [0, 0.1) is 0 Å². The van der Waals surface area contributed by atoms with Crippen LogP contribution in [0.4, 0.5) is 4.79 Å². The van der Waals surface area contributed by atoms with Crippen molar-refractivity contribution in [3.8, 4) is 11.5 Å². The smallest absolute Gasteiger partial charge is 0.407 e. The standard InChI is InChI=1S/C22H27N3O7S/c1-30-18-8-9-19(31-2)20(14-18)33(28,29)25-12-10-24(11-13-25)21(26)15-23-22(27)32-16-17-6-4-3-5-7-17/h3-9,14H,10-13,15-16H2,1-2H3,(H,23,27). The van der Waals surface area contributed by atoms with Gasteiger partial charge < -0.3 is 24.4 Å². The Labute approximate surface area is 193 Å². The second-order valence-corrected chi connectivity index (χ2v) is 9.12. The molecule has 0 bridgehead atoms. The molecule has 178 valence electrons. The normalized spacial score (nSPS) is 14.4. The quantitative estimate of drug-likeness (QED) is 0.612. The second kappa shape index (κ2) is 11.0. The van der Waals surface area contributed by atoms with Crippen LogP contribution in [0.2, 0.25) is 0 Å². The van der Waals surface area contributed by atoms with Crippen molar-refractivity contribution in [3.63, 3.8) is 0 Å². The number of piperazine rings is 1. The lowest BCUT2D eigenvalue weighted by Crippen LogP contribution is -2.52. The Morgan fingerprint density at radius 3 is 2.30 bits per heavy atom. The molecule has 10 nitrogen and oxygen atoms in total. The molecule has 1 aliphatic heterocycles. The highest BCUT2D eigenvalue weighted by Gasteiger charge is 2.32.